The van der Waals surface area contributed by atoms with Crippen molar-refractivity contribution in [2.75, 3.05) is 5.32 Å². The Morgan fingerprint density at radius 2 is 2.12 bits per heavy atom. The molecule has 1 aromatic carbocycles. The summed E-state index contributed by atoms with van der Waals surface area (Å²) in [5.74, 6) is 0.202. The summed E-state index contributed by atoms with van der Waals surface area (Å²) in [6, 6.07) is 10.7. The second kappa shape index (κ2) is 7.81. The number of hydrogen-bond donors (Lipinski definition) is 1. The maximum atomic E-state index is 12.6. The topological polar surface area (TPSA) is 69.0 Å². The number of anilines is 1. The molecular weight excluding hydrogens is 340 g/mol. The molecule has 6 nitrogen and oxygen atoms in total. The molecule has 25 heavy (non-hydrogen) atoms. The highest BCUT2D eigenvalue weighted by Gasteiger charge is 2.21. The van der Waals surface area contributed by atoms with E-state index in [9.17, 15) is 4.79 Å². The van der Waals surface area contributed by atoms with Gasteiger partial charge in [-0.2, -0.15) is 5.10 Å². The third-order valence-corrected chi connectivity index (χ3v) is 3.89. The lowest BCUT2D eigenvalue weighted by molar-refractivity contribution is -0.122. The Morgan fingerprint density at radius 3 is 2.84 bits per heavy atom. The van der Waals surface area contributed by atoms with Crippen LogP contribution in [0.3, 0.4) is 0 Å². The number of hydrogen-bond acceptors (Lipinski definition) is 4. The molecule has 1 atom stereocenters. The lowest BCUT2D eigenvalue weighted by Crippen LogP contribution is -2.32. The van der Waals surface area contributed by atoms with Crippen LogP contribution >= 0.6 is 11.6 Å². The Hall–Kier alpha value is -2.86. The first-order chi connectivity index (χ1) is 12.2. The minimum atomic E-state index is -0.675. The second-order valence-electron chi connectivity index (χ2n) is 5.28. The quantitative estimate of drug-likeness (QED) is 0.730. The van der Waals surface area contributed by atoms with E-state index in [2.05, 4.69) is 15.4 Å². The molecule has 1 N–H and O–H groups in total. The van der Waals surface area contributed by atoms with Gasteiger partial charge in [0.15, 0.2) is 6.10 Å². The largest absolute Gasteiger partial charge is 0.479 e. The molecule has 0 aliphatic heterocycles. The van der Waals surface area contributed by atoms with Crippen molar-refractivity contribution in [1.29, 1.82) is 0 Å². The van der Waals surface area contributed by atoms with Crippen molar-refractivity contribution in [3.05, 3.63) is 66.2 Å². The molecule has 128 valence electrons. The number of amides is 1. The molecule has 3 aromatic rings. The zero-order chi connectivity index (χ0) is 17.6. The van der Waals surface area contributed by atoms with E-state index >= 15 is 0 Å². The standard InChI is InChI=1S/C18H17ClN4O2/c1-2-16(25-17-7-4-3-6-13(17)19)18(24)22-14-12-20-10-8-15(14)23-11-5-9-21-23/h3-12,16H,2H2,1H3,(H,22,24). The van der Waals surface area contributed by atoms with E-state index in [1.54, 1.807) is 53.7 Å². The van der Waals surface area contributed by atoms with Crippen LogP contribution in [0.5, 0.6) is 5.75 Å². The van der Waals surface area contributed by atoms with Crippen LogP contribution in [0.15, 0.2) is 61.2 Å². The molecule has 0 fully saturated rings. The van der Waals surface area contributed by atoms with Crippen molar-refractivity contribution in [1.82, 2.24) is 14.8 Å². The van der Waals surface area contributed by atoms with Crippen molar-refractivity contribution in [3.63, 3.8) is 0 Å². The summed E-state index contributed by atoms with van der Waals surface area (Å²) in [6.07, 6.45) is 6.50. The number of ether oxygens (including phenoxy) is 1. The van der Waals surface area contributed by atoms with E-state index in [1.165, 1.54) is 0 Å². The number of carbonyl (C=O) groups excluding carboxylic acids is 1. The van der Waals surface area contributed by atoms with Gasteiger partial charge in [0.25, 0.3) is 5.91 Å². The normalized spacial score (nSPS) is 11.8. The van der Waals surface area contributed by atoms with Crippen molar-refractivity contribution in [3.8, 4) is 11.4 Å². The number of benzene rings is 1. The van der Waals surface area contributed by atoms with E-state index in [-0.39, 0.29) is 5.91 Å². The number of pyridine rings is 1. The van der Waals surface area contributed by atoms with Gasteiger partial charge < -0.3 is 10.1 Å². The Morgan fingerprint density at radius 1 is 1.28 bits per heavy atom. The molecule has 0 aliphatic carbocycles. The highest BCUT2D eigenvalue weighted by Crippen LogP contribution is 2.25. The Labute approximate surface area is 150 Å². The highest BCUT2D eigenvalue weighted by molar-refractivity contribution is 6.32. The van der Waals surface area contributed by atoms with Gasteiger partial charge in [0.1, 0.15) is 5.75 Å². The molecule has 0 bridgehead atoms. The summed E-state index contributed by atoms with van der Waals surface area (Å²) in [5, 5.41) is 7.51. The van der Waals surface area contributed by atoms with Crippen LogP contribution in [0.25, 0.3) is 5.69 Å². The molecule has 0 aliphatic rings. The van der Waals surface area contributed by atoms with Crippen molar-refractivity contribution in [2.24, 2.45) is 0 Å². The van der Waals surface area contributed by atoms with Crippen LogP contribution < -0.4 is 10.1 Å². The molecule has 2 aromatic heterocycles. The van der Waals surface area contributed by atoms with E-state index in [0.29, 0.717) is 22.9 Å². The number of nitrogens with zero attached hydrogens (tertiary/aromatic N) is 3. The monoisotopic (exact) mass is 356 g/mol. The van der Waals surface area contributed by atoms with Gasteiger partial charge in [0.05, 0.1) is 22.6 Å². The molecule has 3 rings (SSSR count). The van der Waals surface area contributed by atoms with Crippen LogP contribution in [0.4, 0.5) is 5.69 Å². The van der Waals surface area contributed by atoms with Crippen LogP contribution in [0, 0.1) is 0 Å². The molecular formula is C18H17ClN4O2. The predicted octanol–water partition coefficient (Wildman–Crippen LogP) is 3.72. The lowest BCUT2D eigenvalue weighted by Gasteiger charge is -2.19. The van der Waals surface area contributed by atoms with Gasteiger partial charge in [-0.3, -0.25) is 9.78 Å². The summed E-state index contributed by atoms with van der Waals surface area (Å²) in [5.41, 5.74) is 1.28. The molecule has 0 radical (unpaired) electrons. The number of nitrogens with one attached hydrogen (secondary N) is 1. The smallest absolute Gasteiger partial charge is 0.265 e. The Balaban J connectivity index is 1.78. The van der Waals surface area contributed by atoms with E-state index in [4.69, 9.17) is 16.3 Å². The Bertz CT molecular complexity index is 852. The summed E-state index contributed by atoms with van der Waals surface area (Å²) in [4.78, 5) is 16.7. The maximum Gasteiger partial charge on any atom is 0.265 e. The molecule has 0 spiro atoms. The van der Waals surface area contributed by atoms with Crippen molar-refractivity contribution >= 4 is 23.2 Å². The maximum absolute atomic E-state index is 12.6. The van der Waals surface area contributed by atoms with Gasteiger partial charge in [-0.1, -0.05) is 30.7 Å². The first kappa shape index (κ1) is 17.0. The first-order valence-electron chi connectivity index (χ1n) is 7.85. The van der Waals surface area contributed by atoms with Crippen molar-refractivity contribution in [2.45, 2.75) is 19.4 Å². The number of para-hydroxylation sites is 1. The average Bonchev–Trinajstić information content (AvgIpc) is 3.16. The Kier molecular flexibility index (Phi) is 5.30. The molecule has 2 heterocycles. The van der Waals surface area contributed by atoms with Crippen LogP contribution in [-0.2, 0) is 4.79 Å². The minimum Gasteiger partial charge on any atom is -0.479 e. The second-order valence-corrected chi connectivity index (χ2v) is 5.69. The fraction of sp³-hybridized carbons (Fsp3) is 0.167. The third-order valence-electron chi connectivity index (χ3n) is 3.58. The number of rotatable bonds is 6. The number of aromatic nitrogens is 3. The first-order valence-corrected chi connectivity index (χ1v) is 8.23. The van der Waals surface area contributed by atoms with E-state index < -0.39 is 6.10 Å². The summed E-state index contributed by atoms with van der Waals surface area (Å²) in [6.45, 7) is 1.87. The fourth-order valence-electron chi connectivity index (χ4n) is 2.32. The molecule has 1 amide bonds. The summed E-state index contributed by atoms with van der Waals surface area (Å²) in [7, 11) is 0. The predicted molar refractivity (Wildman–Crippen MR) is 96.1 cm³/mol. The average molecular weight is 357 g/mol. The van der Waals surface area contributed by atoms with Crippen molar-refractivity contribution < 1.29 is 9.53 Å². The lowest BCUT2D eigenvalue weighted by atomic mass is 10.2. The number of halogens is 1. The molecule has 7 heteroatoms. The van der Waals surface area contributed by atoms with Gasteiger partial charge in [-0.05, 0) is 30.7 Å². The molecule has 1 unspecified atom stereocenters. The molecule has 0 saturated heterocycles. The van der Waals surface area contributed by atoms with Crippen LogP contribution in [0.2, 0.25) is 5.02 Å². The van der Waals surface area contributed by atoms with E-state index in [1.807, 2.05) is 19.1 Å². The minimum absolute atomic E-state index is 0.274. The van der Waals surface area contributed by atoms with Gasteiger partial charge in [-0.15, -0.1) is 0 Å². The van der Waals surface area contributed by atoms with E-state index in [0.717, 1.165) is 5.69 Å². The van der Waals surface area contributed by atoms with Crippen LogP contribution in [0.1, 0.15) is 13.3 Å². The fourth-order valence-corrected chi connectivity index (χ4v) is 2.50. The third kappa shape index (κ3) is 3.97. The zero-order valence-electron chi connectivity index (χ0n) is 13.6. The van der Waals surface area contributed by atoms with Gasteiger partial charge in [0.2, 0.25) is 0 Å². The SMILES string of the molecule is CCC(Oc1ccccc1Cl)C(=O)Nc1cnccc1-n1cccn1. The number of carbonyl (C=O) groups is 1. The van der Waals surface area contributed by atoms with Gasteiger partial charge in [-0.25, -0.2) is 4.68 Å². The van der Waals surface area contributed by atoms with Gasteiger partial charge in [0, 0.05) is 18.6 Å². The van der Waals surface area contributed by atoms with Gasteiger partial charge >= 0.3 is 0 Å². The summed E-state index contributed by atoms with van der Waals surface area (Å²) >= 11 is 6.10. The summed E-state index contributed by atoms with van der Waals surface area (Å²) < 4.78 is 7.43. The molecule has 0 saturated carbocycles. The zero-order valence-corrected chi connectivity index (χ0v) is 14.3. The van der Waals surface area contributed by atoms with Crippen LogP contribution in [-0.4, -0.2) is 26.8 Å². The highest BCUT2D eigenvalue weighted by atomic mass is 35.5.